The van der Waals surface area contributed by atoms with E-state index in [0.29, 0.717) is 28.8 Å². The van der Waals surface area contributed by atoms with Gasteiger partial charge in [-0.1, -0.05) is 29.3 Å². The third-order valence-electron chi connectivity index (χ3n) is 3.42. The number of aromatic nitrogens is 1. The number of hydrogen-bond donors (Lipinski definition) is 1. The minimum absolute atomic E-state index is 0.116. The number of hydrogen-bond acceptors (Lipinski definition) is 4. The van der Waals surface area contributed by atoms with Crippen LogP contribution in [0.1, 0.15) is 16.1 Å². The summed E-state index contributed by atoms with van der Waals surface area (Å²) in [5.41, 5.74) is 0.549. The maximum atomic E-state index is 12.2. The fraction of sp³-hybridized carbons (Fsp3) is 0.294. The van der Waals surface area contributed by atoms with E-state index >= 15 is 0 Å². The molecule has 1 amide bonds. The Kier molecular flexibility index (Phi) is 6.87. The highest BCUT2D eigenvalue weighted by Gasteiger charge is 2.13. The van der Waals surface area contributed by atoms with Gasteiger partial charge in [0.15, 0.2) is 5.75 Å². The monoisotopic (exact) mass is 384 g/mol. The van der Waals surface area contributed by atoms with Crippen molar-refractivity contribution in [2.75, 3.05) is 20.3 Å². The number of nitrogens with zero attached hydrogens (tertiary/aromatic N) is 1. The molecule has 0 saturated heterocycles. The Hall–Kier alpha value is -2.02. The zero-order chi connectivity index (χ0) is 18.4. The first kappa shape index (κ1) is 19.3. The van der Waals surface area contributed by atoms with Crippen molar-refractivity contribution in [2.45, 2.75) is 6.61 Å². The van der Waals surface area contributed by atoms with E-state index in [9.17, 15) is 9.59 Å². The minimum Gasteiger partial charge on any atom is -0.483 e. The SMILES string of the molecule is COCCNC(=O)c1cc(=O)c(OCc2ccc(Cl)cc2Cl)cn1C. The predicted molar refractivity (Wildman–Crippen MR) is 96.7 cm³/mol. The van der Waals surface area contributed by atoms with Gasteiger partial charge in [0.05, 0.1) is 12.8 Å². The lowest BCUT2D eigenvalue weighted by molar-refractivity contribution is 0.0928. The van der Waals surface area contributed by atoms with Gasteiger partial charge in [-0.05, 0) is 12.1 Å². The molecule has 0 spiro atoms. The van der Waals surface area contributed by atoms with Crippen LogP contribution in [0, 0.1) is 0 Å². The number of pyridine rings is 1. The third-order valence-corrected chi connectivity index (χ3v) is 4.01. The number of carbonyl (C=O) groups excluding carboxylic acids is 1. The maximum Gasteiger partial charge on any atom is 0.268 e. The highest BCUT2D eigenvalue weighted by molar-refractivity contribution is 6.35. The van der Waals surface area contributed by atoms with Crippen molar-refractivity contribution < 1.29 is 14.3 Å². The lowest BCUT2D eigenvalue weighted by Gasteiger charge is -2.12. The molecule has 0 aliphatic rings. The molecule has 2 rings (SSSR count). The molecule has 1 heterocycles. The van der Waals surface area contributed by atoms with Crippen LogP contribution in [-0.2, 0) is 18.4 Å². The van der Waals surface area contributed by atoms with Gasteiger partial charge in [-0.2, -0.15) is 0 Å². The lowest BCUT2D eigenvalue weighted by atomic mass is 10.2. The van der Waals surface area contributed by atoms with E-state index in [1.165, 1.54) is 16.8 Å². The quantitative estimate of drug-likeness (QED) is 0.744. The summed E-state index contributed by atoms with van der Waals surface area (Å²) in [7, 11) is 3.20. The second kappa shape index (κ2) is 8.89. The fourth-order valence-corrected chi connectivity index (χ4v) is 2.55. The number of nitrogens with one attached hydrogen (secondary N) is 1. The first-order chi connectivity index (χ1) is 11.9. The van der Waals surface area contributed by atoms with Crippen LogP contribution in [0.2, 0.25) is 10.0 Å². The normalized spacial score (nSPS) is 10.6. The van der Waals surface area contributed by atoms with E-state index in [4.69, 9.17) is 32.7 Å². The van der Waals surface area contributed by atoms with E-state index < -0.39 is 0 Å². The van der Waals surface area contributed by atoms with Gasteiger partial charge in [0.2, 0.25) is 5.43 Å². The molecule has 0 radical (unpaired) electrons. The molecule has 6 nitrogen and oxygen atoms in total. The Morgan fingerprint density at radius 1 is 1.28 bits per heavy atom. The largest absolute Gasteiger partial charge is 0.483 e. The van der Waals surface area contributed by atoms with Gasteiger partial charge in [0, 0.05) is 42.4 Å². The zero-order valence-corrected chi connectivity index (χ0v) is 15.4. The summed E-state index contributed by atoms with van der Waals surface area (Å²) in [6, 6.07) is 6.26. The summed E-state index contributed by atoms with van der Waals surface area (Å²) >= 11 is 11.9. The molecule has 0 bridgehead atoms. The molecule has 1 aromatic carbocycles. The summed E-state index contributed by atoms with van der Waals surface area (Å²) in [4.78, 5) is 24.3. The Morgan fingerprint density at radius 3 is 2.72 bits per heavy atom. The van der Waals surface area contributed by atoms with Crippen molar-refractivity contribution in [2.24, 2.45) is 7.05 Å². The number of benzene rings is 1. The van der Waals surface area contributed by atoms with Crippen LogP contribution >= 0.6 is 23.2 Å². The van der Waals surface area contributed by atoms with Gasteiger partial charge in [0.1, 0.15) is 12.3 Å². The van der Waals surface area contributed by atoms with E-state index in [-0.39, 0.29) is 29.4 Å². The summed E-state index contributed by atoms with van der Waals surface area (Å²) in [6.07, 6.45) is 1.47. The predicted octanol–water partition coefficient (Wildman–Crippen LogP) is 2.65. The summed E-state index contributed by atoms with van der Waals surface area (Å²) in [6.45, 7) is 0.865. The standard InChI is InChI=1S/C17H18Cl2N2O4/c1-21-9-16(25-10-11-3-4-12(18)7-13(11)19)15(22)8-14(21)17(23)20-5-6-24-2/h3-4,7-9H,5-6,10H2,1-2H3,(H,20,23). The molecule has 2 aromatic rings. The number of amides is 1. The maximum absolute atomic E-state index is 12.2. The van der Waals surface area contributed by atoms with Crippen molar-refractivity contribution in [1.82, 2.24) is 9.88 Å². The first-order valence-corrected chi connectivity index (χ1v) is 8.22. The van der Waals surface area contributed by atoms with E-state index in [1.807, 2.05) is 0 Å². The summed E-state index contributed by atoms with van der Waals surface area (Å²) in [5.74, 6) is -0.231. The molecule has 134 valence electrons. The van der Waals surface area contributed by atoms with Gasteiger partial charge in [-0.25, -0.2) is 0 Å². The second-order valence-electron chi connectivity index (χ2n) is 5.27. The van der Waals surface area contributed by atoms with Crippen LogP contribution in [0.3, 0.4) is 0 Å². The molecule has 1 N–H and O–H groups in total. The number of halogens is 2. The van der Waals surface area contributed by atoms with E-state index in [2.05, 4.69) is 5.32 Å². The smallest absolute Gasteiger partial charge is 0.268 e. The van der Waals surface area contributed by atoms with Crippen molar-refractivity contribution in [1.29, 1.82) is 0 Å². The number of aryl methyl sites for hydroxylation is 1. The molecule has 1 aromatic heterocycles. The van der Waals surface area contributed by atoms with Crippen molar-refractivity contribution in [3.05, 3.63) is 62.0 Å². The Bertz CT molecular complexity index is 821. The topological polar surface area (TPSA) is 69.6 Å². The second-order valence-corrected chi connectivity index (χ2v) is 6.11. The van der Waals surface area contributed by atoms with Gasteiger partial charge < -0.3 is 19.4 Å². The van der Waals surface area contributed by atoms with Crippen LogP contribution in [0.5, 0.6) is 5.75 Å². The third kappa shape index (κ3) is 5.22. The Balaban J connectivity index is 2.11. The molecular formula is C17H18Cl2N2O4. The van der Waals surface area contributed by atoms with E-state index in [1.54, 1.807) is 32.4 Å². The first-order valence-electron chi connectivity index (χ1n) is 7.47. The number of carbonyl (C=O) groups is 1. The zero-order valence-electron chi connectivity index (χ0n) is 13.8. The van der Waals surface area contributed by atoms with Gasteiger partial charge in [-0.3, -0.25) is 9.59 Å². The molecule has 0 saturated carbocycles. The van der Waals surface area contributed by atoms with Crippen molar-refractivity contribution in [3.63, 3.8) is 0 Å². The summed E-state index contributed by atoms with van der Waals surface area (Å²) < 4.78 is 11.9. The highest BCUT2D eigenvalue weighted by Crippen LogP contribution is 2.22. The average molecular weight is 385 g/mol. The van der Waals surface area contributed by atoms with Crippen LogP contribution in [-0.4, -0.2) is 30.7 Å². The van der Waals surface area contributed by atoms with Crippen LogP contribution < -0.4 is 15.5 Å². The van der Waals surface area contributed by atoms with Gasteiger partial charge in [-0.15, -0.1) is 0 Å². The van der Waals surface area contributed by atoms with Gasteiger partial charge >= 0.3 is 0 Å². The average Bonchev–Trinajstić information content (AvgIpc) is 2.56. The van der Waals surface area contributed by atoms with Crippen LogP contribution in [0.25, 0.3) is 0 Å². The molecule has 25 heavy (non-hydrogen) atoms. The summed E-state index contributed by atoms with van der Waals surface area (Å²) in [5, 5.41) is 3.64. The van der Waals surface area contributed by atoms with Crippen LogP contribution in [0.15, 0.2) is 35.3 Å². The molecule has 0 fully saturated rings. The molecular weight excluding hydrogens is 367 g/mol. The number of rotatable bonds is 7. The molecule has 0 aliphatic heterocycles. The molecule has 8 heteroatoms. The number of ether oxygens (including phenoxy) is 2. The Morgan fingerprint density at radius 2 is 2.04 bits per heavy atom. The molecule has 0 aliphatic carbocycles. The highest BCUT2D eigenvalue weighted by atomic mass is 35.5. The van der Waals surface area contributed by atoms with Crippen molar-refractivity contribution in [3.8, 4) is 5.75 Å². The van der Waals surface area contributed by atoms with E-state index in [0.717, 1.165) is 0 Å². The molecule has 0 unspecified atom stereocenters. The van der Waals surface area contributed by atoms with Gasteiger partial charge in [0.25, 0.3) is 5.91 Å². The fourth-order valence-electron chi connectivity index (χ4n) is 2.09. The minimum atomic E-state index is -0.389. The molecule has 0 atom stereocenters. The lowest BCUT2D eigenvalue weighted by Crippen LogP contribution is -2.30. The van der Waals surface area contributed by atoms with Crippen molar-refractivity contribution >= 4 is 29.1 Å². The van der Waals surface area contributed by atoms with Crippen LogP contribution in [0.4, 0.5) is 0 Å². The number of methoxy groups -OCH3 is 1. The Labute approximate surface area is 155 Å².